The fourth-order valence-electron chi connectivity index (χ4n) is 5.71. The highest BCUT2D eigenvalue weighted by Crippen LogP contribution is 2.34. The van der Waals surface area contributed by atoms with Gasteiger partial charge in [0, 0.05) is 39.9 Å². The van der Waals surface area contributed by atoms with Gasteiger partial charge in [-0.05, 0) is 35.4 Å². The van der Waals surface area contributed by atoms with Gasteiger partial charge in [0.15, 0.2) is 23.1 Å². The molecule has 6 nitrogen and oxygen atoms in total. The van der Waals surface area contributed by atoms with E-state index in [9.17, 15) is 24.0 Å². The molecule has 0 N–H and O–H groups in total. The molecule has 40 heavy (non-hydrogen) atoms. The molecule has 0 atom stereocenters. The van der Waals surface area contributed by atoms with Gasteiger partial charge in [-0.25, -0.2) is 0 Å². The van der Waals surface area contributed by atoms with Crippen LogP contribution in [0.15, 0.2) is 96.1 Å². The summed E-state index contributed by atoms with van der Waals surface area (Å²) in [6.45, 7) is 1.45. The molecule has 4 aromatic carbocycles. The molecule has 0 saturated heterocycles. The van der Waals surface area contributed by atoms with Crippen LogP contribution in [0.25, 0.3) is 34.0 Å². The number of ketones is 4. The van der Waals surface area contributed by atoms with E-state index in [1.807, 2.05) is 24.3 Å². The van der Waals surface area contributed by atoms with Crippen LogP contribution in [0.1, 0.15) is 64.3 Å². The molecule has 0 radical (unpaired) electrons. The van der Waals surface area contributed by atoms with Gasteiger partial charge in [0.2, 0.25) is 5.91 Å². The molecule has 0 unspecified atom stereocenters. The third kappa shape index (κ3) is 3.33. The Hall–Kier alpha value is -5.49. The highest BCUT2D eigenvalue weighted by molar-refractivity contribution is 6.42. The number of Topliss-reactive ketones (excluding diaryl/α,β-unsaturated/α-hetero) is 4. The summed E-state index contributed by atoms with van der Waals surface area (Å²) < 4.78 is 1.56. The van der Waals surface area contributed by atoms with Crippen molar-refractivity contribution in [3.05, 3.63) is 129 Å². The molecule has 190 valence electrons. The summed E-state index contributed by atoms with van der Waals surface area (Å²) in [7, 11) is 0. The Morgan fingerprint density at radius 3 is 1.23 bits per heavy atom. The Morgan fingerprint density at radius 1 is 0.550 bits per heavy atom. The van der Waals surface area contributed by atoms with Gasteiger partial charge in [0.1, 0.15) is 0 Å². The molecule has 0 amide bonds. The van der Waals surface area contributed by atoms with Gasteiger partial charge in [-0.1, -0.05) is 72.8 Å². The first-order valence-electron chi connectivity index (χ1n) is 12.7. The first kappa shape index (κ1) is 23.6. The van der Waals surface area contributed by atoms with Gasteiger partial charge in [-0.2, -0.15) is 0 Å². The zero-order valence-corrected chi connectivity index (χ0v) is 21.2. The lowest BCUT2D eigenvalue weighted by Crippen LogP contribution is -2.05. The summed E-state index contributed by atoms with van der Waals surface area (Å²) >= 11 is 0. The Morgan fingerprint density at radius 2 is 0.900 bits per heavy atom. The molecule has 0 saturated carbocycles. The molecule has 2 aliphatic carbocycles. The SMILES string of the molecule is CC(=O)n1c2cc(C=C3C(=O)c4ccccc4C3=O)ccc2c2ccc(C=C3C(=O)c4ccccc4C3=O)cc21. The van der Waals surface area contributed by atoms with E-state index in [-0.39, 0.29) is 40.2 Å². The molecular weight excluding hydrogens is 502 g/mol. The molecule has 0 aliphatic heterocycles. The van der Waals surface area contributed by atoms with Crippen LogP contribution in [0, 0.1) is 0 Å². The van der Waals surface area contributed by atoms with Crippen molar-refractivity contribution in [1.82, 2.24) is 4.57 Å². The average molecular weight is 522 g/mol. The maximum atomic E-state index is 12.9. The van der Waals surface area contributed by atoms with Crippen LogP contribution in [0.2, 0.25) is 0 Å². The molecule has 1 aromatic heterocycles. The number of benzene rings is 4. The number of allylic oxidation sites excluding steroid dienone is 2. The molecule has 0 bridgehead atoms. The summed E-state index contributed by atoms with van der Waals surface area (Å²) in [5.74, 6) is -1.49. The molecule has 1 heterocycles. The summed E-state index contributed by atoms with van der Waals surface area (Å²) in [4.78, 5) is 64.4. The number of hydrogen-bond donors (Lipinski definition) is 0. The lowest BCUT2D eigenvalue weighted by molar-refractivity contribution is 0.0942. The summed E-state index contributed by atoms with van der Waals surface area (Å²) in [5, 5.41) is 1.64. The molecule has 2 aliphatic rings. The normalized spacial score (nSPS) is 14.3. The molecule has 5 aromatic rings. The van der Waals surface area contributed by atoms with Crippen molar-refractivity contribution in [3.8, 4) is 0 Å². The molecule has 7 rings (SSSR count). The first-order chi connectivity index (χ1) is 19.3. The number of carbonyl (C=O) groups is 5. The van der Waals surface area contributed by atoms with Crippen LogP contribution in [0.3, 0.4) is 0 Å². The average Bonchev–Trinajstić information content (AvgIpc) is 3.50. The molecule has 6 heteroatoms. The molecule has 0 fully saturated rings. The van der Waals surface area contributed by atoms with Crippen molar-refractivity contribution in [2.45, 2.75) is 6.92 Å². The number of hydrogen-bond acceptors (Lipinski definition) is 5. The third-order valence-corrected chi connectivity index (χ3v) is 7.56. The largest absolute Gasteiger partial charge is 0.288 e. The topological polar surface area (TPSA) is 90.3 Å². The van der Waals surface area contributed by atoms with E-state index in [0.29, 0.717) is 44.4 Å². The van der Waals surface area contributed by atoms with Crippen LogP contribution < -0.4 is 0 Å². The minimum absolute atomic E-state index is 0.0897. The predicted molar refractivity (Wildman–Crippen MR) is 152 cm³/mol. The van der Waals surface area contributed by atoms with Gasteiger partial charge in [-0.3, -0.25) is 28.5 Å². The van der Waals surface area contributed by atoms with E-state index in [2.05, 4.69) is 0 Å². The Kier molecular flexibility index (Phi) is 5.02. The zero-order valence-electron chi connectivity index (χ0n) is 21.2. The van der Waals surface area contributed by atoms with Gasteiger partial charge in [0.05, 0.1) is 22.2 Å². The second-order valence-corrected chi connectivity index (χ2v) is 9.93. The van der Waals surface area contributed by atoms with E-state index < -0.39 is 0 Å². The number of nitrogens with zero attached hydrogens (tertiary/aromatic N) is 1. The smallest absolute Gasteiger partial charge is 0.228 e. The number of fused-ring (bicyclic) bond motifs is 5. The van der Waals surface area contributed by atoms with E-state index in [4.69, 9.17) is 0 Å². The van der Waals surface area contributed by atoms with E-state index in [1.54, 1.807) is 77.4 Å². The van der Waals surface area contributed by atoms with Crippen molar-refractivity contribution in [2.75, 3.05) is 0 Å². The van der Waals surface area contributed by atoms with Crippen molar-refractivity contribution >= 4 is 63.0 Å². The number of carbonyl (C=O) groups excluding carboxylic acids is 5. The van der Waals surface area contributed by atoms with Gasteiger partial charge >= 0.3 is 0 Å². The van der Waals surface area contributed by atoms with Crippen LogP contribution in [0.4, 0.5) is 0 Å². The maximum Gasteiger partial charge on any atom is 0.228 e. The third-order valence-electron chi connectivity index (χ3n) is 7.56. The van der Waals surface area contributed by atoms with E-state index in [0.717, 1.165) is 10.8 Å². The van der Waals surface area contributed by atoms with Crippen LogP contribution in [0.5, 0.6) is 0 Å². The Balaban J connectivity index is 1.35. The predicted octanol–water partition coefficient (Wildman–Crippen LogP) is 6.38. The van der Waals surface area contributed by atoms with Crippen LogP contribution in [-0.4, -0.2) is 33.6 Å². The minimum Gasteiger partial charge on any atom is -0.288 e. The fraction of sp³-hybridized carbons (Fsp3) is 0.0294. The summed E-state index contributed by atoms with van der Waals surface area (Å²) in [6.07, 6.45) is 3.13. The minimum atomic E-state index is -0.316. The van der Waals surface area contributed by atoms with E-state index in [1.165, 1.54) is 6.92 Å². The lowest BCUT2D eigenvalue weighted by Gasteiger charge is -2.04. The lowest BCUT2D eigenvalue weighted by atomic mass is 10.0. The van der Waals surface area contributed by atoms with Crippen LogP contribution >= 0.6 is 0 Å². The molecular formula is C34H19NO5. The van der Waals surface area contributed by atoms with Crippen molar-refractivity contribution < 1.29 is 24.0 Å². The highest BCUT2D eigenvalue weighted by atomic mass is 16.2. The Bertz CT molecular complexity index is 1890. The first-order valence-corrected chi connectivity index (χ1v) is 12.7. The quantitative estimate of drug-likeness (QED) is 0.199. The summed E-state index contributed by atoms with van der Waals surface area (Å²) in [5.41, 5.74) is 4.22. The van der Waals surface area contributed by atoms with Gasteiger partial charge < -0.3 is 0 Å². The van der Waals surface area contributed by atoms with Crippen molar-refractivity contribution in [3.63, 3.8) is 0 Å². The van der Waals surface area contributed by atoms with Gasteiger partial charge in [-0.15, -0.1) is 0 Å². The fourth-order valence-corrected chi connectivity index (χ4v) is 5.71. The van der Waals surface area contributed by atoms with Gasteiger partial charge in [0.25, 0.3) is 0 Å². The zero-order chi connectivity index (χ0) is 27.7. The van der Waals surface area contributed by atoms with Crippen molar-refractivity contribution in [1.29, 1.82) is 0 Å². The maximum absolute atomic E-state index is 12.9. The monoisotopic (exact) mass is 521 g/mol. The highest BCUT2D eigenvalue weighted by Gasteiger charge is 2.33. The number of rotatable bonds is 2. The second-order valence-electron chi connectivity index (χ2n) is 9.93. The van der Waals surface area contributed by atoms with Crippen LogP contribution in [-0.2, 0) is 0 Å². The Labute approximate surface area is 227 Å². The van der Waals surface area contributed by atoms with Crippen molar-refractivity contribution in [2.24, 2.45) is 0 Å². The summed E-state index contributed by atoms with van der Waals surface area (Å²) in [6, 6.07) is 24.4. The van der Waals surface area contributed by atoms with E-state index >= 15 is 0 Å². The second kappa shape index (κ2) is 8.51. The number of aromatic nitrogens is 1. The standard InChI is InChI=1S/C34H19NO5/c1-18(36)35-29-16-19(14-27-31(37)23-6-2-3-7-24(23)32(27)38)10-12-21(29)22-13-11-20(17-30(22)35)15-28-33(39)25-8-4-5-9-26(25)34(28)40/h2-17H,1H3. The molecule has 0 spiro atoms.